The molecule has 0 amide bonds. The third-order valence-electron chi connectivity index (χ3n) is 2.49. The lowest BCUT2D eigenvalue weighted by Gasteiger charge is -2.20. The SMILES string of the molecule is C=CC(=C)[C@H]1CC=C(C=C)CC1. The Kier molecular flexibility index (Phi) is 3.09. The molecule has 0 aliphatic heterocycles. The maximum absolute atomic E-state index is 3.97. The van der Waals surface area contributed by atoms with Crippen molar-refractivity contribution in [2.24, 2.45) is 5.92 Å². The van der Waals surface area contributed by atoms with Crippen LogP contribution in [0.4, 0.5) is 0 Å². The molecule has 0 aromatic rings. The molecule has 12 heavy (non-hydrogen) atoms. The quantitative estimate of drug-likeness (QED) is 0.553. The van der Waals surface area contributed by atoms with Crippen LogP contribution in [0.2, 0.25) is 0 Å². The maximum Gasteiger partial charge on any atom is -0.0130 e. The van der Waals surface area contributed by atoms with Crippen molar-refractivity contribution in [3.63, 3.8) is 0 Å². The van der Waals surface area contributed by atoms with Crippen LogP contribution >= 0.6 is 0 Å². The molecule has 0 radical (unpaired) electrons. The van der Waals surface area contributed by atoms with Crippen LogP contribution < -0.4 is 0 Å². The zero-order chi connectivity index (χ0) is 8.97. The van der Waals surface area contributed by atoms with Crippen molar-refractivity contribution in [3.05, 3.63) is 49.1 Å². The van der Waals surface area contributed by atoms with Crippen molar-refractivity contribution >= 4 is 0 Å². The molecule has 0 unspecified atom stereocenters. The number of allylic oxidation sites excluding steroid dienone is 5. The highest BCUT2D eigenvalue weighted by Gasteiger charge is 2.13. The van der Waals surface area contributed by atoms with Gasteiger partial charge < -0.3 is 0 Å². The molecule has 0 heteroatoms. The van der Waals surface area contributed by atoms with Gasteiger partial charge in [0.25, 0.3) is 0 Å². The van der Waals surface area contributed by atoms with E-state index < -0.39 is 0 Å². The summed E-state index contributed by atoms with van der Waals surface area (Å²) in [6.45, 7) is 11.5. The topological polar surface area (TPSA) is 0 Å². The van der Waals surface area contributed by atoms with Crippen molar-refractivity contribution in [2.75, 3.05) is 0 Å². The highest BCUT2D eigenvalue weighted by atomic mass is 14.2. The monoisotopic (exact) mass is 160 g/mol. The van der Waals surface area contributed by atoms with Gasteiger partial charge in [-0.1, -0.05) is 49.1 Å². The summed E-state index contributed by atoms with van der Waals surface area (Å²) in [4.78, 5) is 0. The van der Waals surface area contributed by atoms with Gasteiger partial charge in [0, 0.05) is 0 Å². The van der Waals surface area contributed by atoms with Crippen molar-refractivity contribution in [2.45, 2.75) is 19.3 Å². The molecule has 1 atom stereocenters. The second-order valence-corrected chi connectivity index (χ2v) is 3.23. The second kappa shape index (κ2) is 4.10. The molecule has 0 spiro atoms. The van der Waals surface area contributed by atoms with E-state index >= 15 is 0 Å². The van der Waals surface area contributed by atoms with E-state index in [2.05, 4.69) is 25.8 Å². The van der Waals surface area contributed by atoms with Crippen LogP contribution in [-0.4, -0.2) is 0 Å². The highest BCUT2D eigenvalue weighted by molar-refractivity contribution is 5.24. The fourth-order valence-electron chi connectivity index (χ4n) is 1.54. The van der Waals surface area contributed by atoms with E-state index in [0.717, 1.165) is 12.8 Å². The summed E-state index contributed by atoms with van der Waals surface area (Å²) in [5, 5.41) is 0. The Labute approximate surface area is 75.0 Å². The van der Waals surface area contributed by atoms with Crippen molar-refractivity contribution in [3.8, 4) is 0 Å². The summed E-state index contributed by atoms with van der Waals surface area (Å²) >= 11 is 0. The Balaban J connectivity index is 2.56. The summed E-state index contributed by atoms with van der Waals surface area (Å²) < 4.78 is 0. The van der Waals surface area contributed by atoms with Gasteiger partial charge in [0.2, 0.25) is 0 Å². The standard InChI is InChI=1S/C12H16/c1-4-10(3)12-8-6-11(5-2)7-9-12/h4-6,12H,1-3,7-9H2/t12-/m0/s1. The van der Waals surface area contributed by atoms with Crippen LogP contribution in [0, 0.1) is 5.92 Å². The molecule has 0 N–H and O–H groups in total. The second-order valence-electron chi connectivity index (χ2n) is 3.23. The Morgan fingerprint density at radius 3 is 2.67 bits per heavy atom. The molecular weight excluding hydrogens is 144 g/mol. The van der Waals surface area contributed by atoms with Gasteiger partial charge in [0.05, 0.1) is 0 Å². The highest BCUT2D eigenvalue weighted by Crippen LogP contribution is 2.28. The van der Waals surface area contributed by atoms with Gasteiger partial charge in [0.1, 0.15) is 0 Å². The lowest BCUT2D eigenvalue weighted by Crippen LogP contribution is -2.05. The average molecular weight is 160 g/mol. The van der Waals surface area contributed by atoms with Crippen LogP contribution in [0.1, 0.15) is 19.3 Å². The van der Waals surface area contributed by atoms with Crippen molar-refractivity contribution < 1.29 is 0 Å². The molecule has 0 fully saturated rings. The largest absolute Gasteiger partial charge is 0.0988 e. The molecule has 1 aliphatic rings. The van der Waals surface area contributed by atoms with Crippen molar-refractivity contribution in [1.82, 2.24) is 0 Å². The smallest absolute Gasteiger partial charge is 0.0130 e. The summed E-state index contributed by atoms with van der Waals surface area (Å²) in [6, 6.07) is 0. The fraction of sp³-hybridized carbons (Fsp3) is 0.333. The number of rotatable bonds is 3. The first-order valence-electron chi connectivity index (χ1n) is 4.40. The van der Waals surface area contributed by atoms with E-state index in [4.69, 9.17) is 0 Å². The lowest BCUT2D eigenvalue weighted by molar-refractivity contribution is 0.555. The predicted octanol–water partition coefficient (Wildman–Crippen LogP) is 3.64. The Morgan fingerprint density at radius 2 is 2.25 bits per heavy atom. The summed E-state index contributed by atoms with van der Waals surface area (Å²) in [6.07, 6.45) is 9.52. The third kappa shape index (κ3) is 1.97. The summed E-state index contributed by atoms with van der Waals surface area (Å²) in [5.41, 5.74) is 2.55. The zero-order valence-corrected chi connectivity index (χ0v) is 7.55. The lowest BCUT2D eigenvalue weighted by atomic mass is 9.85. The Morgan fingerprint density at radius 1 is 1.50 bits per heavy atom. The minimum Gasteiger partial charge on any atom is -0.0988 e. The van der Waals surface area contributed by atoms with Crippen LogP contribution in [-0.2, 0) is 0 Å². The first-order valence-corrected chi connectivity index (χ1v) is 4.40. The summed E-state index contributed by atoms with van der Waals surface area (Å²) in [7, 11) is 0. The van der Waals surface area contributed by atoms with E-state index in [1.807, 2.05) is 12.2 Å². The number of hydrogen-bond donors (Lipinski definition) is 0. The van der Waals surface area contributed by atoms with E-state index in [-0.39, 0.29) is 0 Å². The summed E-state index contributed by atoms with van der Waals surface area (Å²) in [5.74, 6) is 0.617. The van der Waals surface area contributed by atoms with Gasteiger partial charge in [-0.3, -0.25) is 0 Å². The Bertz CT molecular complexity index is 230. The third-order valence-corrected chi connectivity index (χ3v) is 2.49. The van der Waals surface area contributed by atoms with Crippen LogP contribution in [0.3, 0.4) is 0 Å². The van der Waals surface area contributed by atoms with Gasteiger partial charge in [0.15, 0.2) is 0 Å². The van der Waals surface area contributed by atoms with Gasteiger partial charge in [-0.2, -0.15) is 0 Å². The van der Waals surface area contributed by atoms with Crippen LogP contribution in [0.15, 0.2) is 49.1 Å². The molecular formula is C12H16. The first kappa shape index (κ1) is 9.05. The van der Waals surface area contributed by atoms with E-state index in [0.29, 0.717) is 5.92 Å². The molecule has 0 heterocycles. The predicted molar refractivity (Wildman–Crippen MR) is 55.0 cm³/mol. The van der Waals surface area contributed by atoms with Crippen molar-refractivity contribution in [1.29, 1.82) is 0 Å². The average Bonchev–Trinajstić information content (AvgIpc) is 2.17. The fourth-order valence-corrected chi connectivity index (χ4v) is 1.54. The maximum atomic E-state index is 3.97. The molecule has 0 saturated carbocycles. The minimum absolute atomic E-state index is 0.617. The molecule has 0 nitrogen and oxygen atoms in total. The number of hydrogen-bond acceptors (Lipinski definition) is 0. The van der Waals surface area contributed by atoms with Gasteiger partial charge in [-0.25, -0.2) is 0 Å². The van der Waals surface area contributed by atoms with Gasteiger partial charge in [-0.15, -0.1) is 0 Å². The molecule has 1 rings (SSSR count). The molecule has 0 saturated heterocycles. The Hall–Kier alpha value is -1.04. The minimum atomic E-state index is 0.617. The molecule has 1 aliphatic carbocycles. The van der Waals surface area contributed by atoms with E-state index in [1.54, 1.807) is 0 Å². The molecule has 0 bridgehead atoms. The first-order chi connectivity index (χ1) is 5.77. The van der Waals surface area contributed by atoms with Crippen LogP contribution in [0.25, 0.3) is 0 Å². The zero-order valence-electron chi connectivity index (χ0n) is 7.55. The van der Waals surface area contributed by atoms with Crippen LogP contribution in [0.5, 0.6) is 0 Å². The van der Waals surface area contributed by atoms with Gasteiger partial charge >= 0.3 is 0 Å². The molecule has 64 valence electrons. The molecule has 0 aromatic heterocycles. The normalized spacial score (nSPS) is 22.7. The van der Waals surface area contributed by atoms with E-state index in [1.165, 1.54) is 17.6 Å². The van der Waals surface area contributed by atoms with Gasteiger partial charge in [-0.05, 0) is 25.2 Å². The molecule has 0 aromatic carbocycles. The van der Waals surface area contributed by atoms with E-state index in [9.17, 15) is 0 Å².